The van der Waals surface area contributed by atoms with Gasteiger partial charge in [-0.15, -0.1) is 0 Å². The number of thioether (sulfide) groups is 5. The molecule has 0 spiro atoms. The van der Waals surface area contributed by atoms with Crippen LogP contribution in [-0.2, 0) is 19.1 Å². The van der Waals surface area contributed by atoms with Gasteiger partial charge in [0.05, 0.1) is 22.7 Å². The molecule has 0 saturated carbocycles. The molecule has 1 aromatic rings. The SMILES string of the molecule is COC(=O)C1=C(C(=O)OC)SC(=C2CCC(=C3Sc4nccnc4S3)S2)S1. The first-order valence-corrected chi connectivity index (χ1v) is 11.8. The number of carbonyl (C=O) groups excluding carboxylic acids is 2. The highest BCUT2D eigenvalue weighted by molar-refractivity contribution is 8.30. The number of rotatable bonds is 2. The van der Waals surface area contributed by atoms with E-state index in [2.05, 4.69) is 9.97 Å². The summed E-state index contributed by atoms with van der Waals surface area (Å²) >= 11 is 7.59. The van der Waals surface area contributed by atoms with Gasteiger partial charge in [0.2, 0.25) is 0 Å². The molecule has 0 bridgehead atoms. The van der Waals surface area contributed by atoms with Crippen molar-refractivity contribution < 1.29 is 19.1 Å². The van der Waals surface area contributed by atoms with Crippen LogP contribution in [0.25, 0.3) is 0 Å². The zero-order valence-corrected chi connectivity index (χ0v) is 18.2. The van der Waals surface area contributed by atoms with Crippen molar-refractivity contribution in [2.24, 2.45) is 0 Å². The van der Waals surface area contributed by atoms with Crippen LogP contribution in [0.3, 0.4) is 0 Å². The molecular formula is C16H12N2O4S5. The molecule has 1 fully saturated rings. The third kappa shape index (κ3) is 3.80. The first kappa shape index (κ1) is 19.3. The minimum atomic E-state index is -0.514. The van der Waals surface area contributed by atoms with E-state index in [4.69, 9.17) is 9.47 Å². The molecule has 3 aliphatic rings. The summed E-state index contributed by atoms with van der Waals surface area (Å²) in [4.78, 5) is 35.8. The molecule has 4 heterocycles. The van der Waals surface area contributed by atoms with E-state index in [9.17, 15) is 9.59 Å². The lowest BCUT2D eigenvalue weighted by Gasteiger charge is -2.02. The van der Waals surface area contributed by atoms with Gasteiger partial charge in [0.15, 0.2) is 0 Å². The molecule has 6 nitrogen and oxygen atoms in total. The average molecular weight is 457 g/mol. The number of hydrogen-bond donors (Lipinski definition) is 0. The van der Waals surface area contributed by atoms with Crippen molar-refractivity contribution in [2.45, 2.75) is 22.9 Å². The molecule has 0 aromatic carbocycles. The van der Waals surface area contributed by atoms with Crippen molar-refractivity contribution in [3.8, 4) is 0 Å². The number of allylic oxidation sites excluding steroid dienone is 2. The number of ether oxygens (including phenoxy) is 2. The van der Waals surface area contributed by atoms with Gasteiger partial charge in [0, 0.05) is 22.2 Å². The molecule has 4 rings (SSSR count). The van der Waals surface area contributed by atoms with E-state index in [1.807, 2.05) is 0 Å². The number of methoxy groups -OCH3 is 2. The van der Waals surface area contributed by atoms with E-state index in [0.717, 1.165) is 32.0 Å². The number of nitrogens with zero attached hydrogens (tertiary/aromatic N) is 2. The summed E-state index contributed by atoms with van der Waals surface area (Å²) in [5.74, 6) is -1.03. The Bertz CT molecular complexity index is 883. The predicted octanol–water partition coefficient (Wildman–Crippen LogP) is 4.58. The van der Waals surface area contributed by atoms with Crippen molar-refractivity contribution in [1.82, 2.24) is 9.97 Å². The summed E-state index contributed by atoms with van der Waals surface area (Å²) in [6.45, 7) is 0. The standard InChI is InChI=1S/C16H12N2O4S5/c1-21-13(19)9-10(14(20)22-2)25-15(24-9)7-3-4-8(23-7)16-26-11-12(27-16)18-6-5-17-11/h5-6H,3-4H2,1-2H3. The van der Waals surface area contributed by atoms with E-state index in [1.54, 1.807) is 47.7 Å². The maximum absolute atomic E-state index is 12.0. The van der Waals surface area contributed by atoms with Gasteiger partial charge in [-0.05, 0) is 12.8 Å². The lowest BCUT2D eigenvalue weighted by atomic mass is 10.3. The number of carbonyl (C=O) groups is 2. The van der Waals surface area contributed by atoms with Gasteiger partial charge >= 0.3 is 11.9 Å². The molecule has 0 amide bonds. The van der Waals surface area contributed by atoms with E-state index in [-0.39, 0.29) is 0 Å². The lowest BCUT2D eigenvalue weighted by molar-refractivity contribution is -0.138. The Hall–Kier alpha value is -1.01. The highest BCUT2D eigenvalue weighted by Gasteiger charge is 2.36. The molecule has 140 valence electrons. The molecular weight excluding hydrogens is 445 g/mol. The normalized spacial score (nSPS) is 19.0. The summed E-state index contributed by atoms with van der Waals surface area (Å²) in [5.41, 5.74) is 0. The number of aromatic nitrogens is 2. The second-order valence-corrected chi connectivity index (χ2v) is 11.0. The van der Waals surface area contributed by atoms with Gasteiger partial charge in [-0.2, -0.15) is 0 Å². The van der Waals surface area contributed by atoms with Gasteiger partial charge in [-0.25, -0.2) is 19.6 Å². The van der Waals surface area contributed by atoms with E-state index >= 15 is 0 Å². The summed E-state index contributed by atoms with van der Waals surface area (Å²) in [7, 11) is 2.61. The summed E-state index contributed by atoms with van der Waals surface area (Å²) in [5, 5.41) is 1.89. The topological polar surface area (TPSA) is 78.4 Å². The molecule has 0 radical (unpaired) electrons. The summed E-state index contributed by atoms with van der Waals surface area (Å²) in [6, 6.07) is 0. The Kier molecular flexibility index (Phi) is 5.83. The number of fused-ring (bicyclic) bond motifs is 1. The molecule has 1 aromatic heterocycles. The van der Waals surface area contributed by atoms with Crippen molar-refractivity contribution in [3.05, 3.63) is 40.5 Å². The van der Waals surface area contributed by atoms with Gasteiger partial charge in [-0.1, -0.05) is 58.8 Å². The Labute approximate surface area is 176 Å². The third-order valence-corrected chi connectivity index (χ3v) is 10.6. The van der Waals surface area contributed by atoms with Crippen LogP contribution in [0.2, 0.25) is 0 Å². The van der Waals surface area contributed by atoms with Gasteiger partial charge in [0.25, 0.3) is 0 Å². The fraction of sp³-hybridized carbons (Fsp3) is 0.250. The van der Waals surface area contributed by atoms with E-state index in [1.165, 1.54) is 46.9 Å². The van der Waals surface area contributed by atoms with Crippen LogP contribution in [0.1, 0.15) is 12.8 Å². The molecule has 27 heavy (non-hydrogen) atoms. The zero-order chi connectivity index (χ0) is 19.0. The van der Waals surface area contributed by atoms with Crippen LogP contribution in [-0.4, -0.2) is 36.1 Å². The Morgan fingerprint density at radius 1 is 0.778 bits per heavy atom. The lowest BCUT2D eigenvalue weighted by Crippen LogP contribution is -2.08. The van der Waals surface area contributed by atoms with E-state index in [0.29, 0.717) is 9.81 Å². The van der Waals surface area contributed by atoms with Crippen LogP contribution in [0.15, 0.2) is 50.5 Å². The molecule has 0 atom stereocenters. The average Bonchev–Trinajstić information content (AvgIpc) is 3.43. The second kappa shape index (κ2) is 8.16. The minimum Gasteiger partial charge on any atom is -0.465 e. The summed E-state index contributed by atoms with van der Waals surface area (Å²) in [6.07, 6.45) is 5.21. The predicted molar refractivity (Wildman–Crippen MR) is 111 cm³/mol. The number of hydrogen-bond acceptors (Lipinski definition) is 11. The first-order valence-electron chi connectivity index (χ1n) is 7.68. The Balaban J connectivity index is 1.56. The van der Waals surface area contributed by atoms with Crippen LogP contribution >= 0.6 is 58.8 Å². The maximum Gasteiger partial charge on any atom is 0.346 e. The smallest absolute Gasteiger partial charge is 0.346 e. The van der Waals surface area contributed by atoms with Gasteiger partial charge in [0.1, 0.15) is 19.9 Å². The van der Waals surface area contributed by atoms with Crippen LogP contribution in [0.4, 0.5) is 0 Å². The molecule has 3 aliphatic heterocycles. The maximum atomic E-state index is 12.0. The quantitative estimate of drug-likeness (QED) is 0.587. The molecule has 0 N–H and O–H groups in total. The van der Waals surface area contributed by atoms with Crippen molar-refractivity contribution >= 4 is 70.7 Å². The van der Waals surface area contributed by atoms with Crippen LogP contribution in [0.5, 0.6) is 0 Å². The Morgan fingerprint density at radius 3 is 1.67 bits per heavy atom. The highest BCUT2D eigenvalue weighted by atomic mass is 32.2. The minimum absolute atomic E-state index is 0.295. The van der Waals surface area contributed by atoms with Crippen molar-refractivity contribution in [2.75, 3.05) is 14.2 Å². The zero-order valence-electron chi connectivity index (χ0n) is 14.1. The molecule has 11 heteroatoms. The molecule has 0 aliphatic carbocycles. The monoisotopic (exact) mass is 456 g/mol. The van der Waals surface area contributed by atoms with Crippen LogP contribution < -0.4 is 0 Å². The van der Waals surface area contributed by atoms with E-state index < -0.39 is 11.9 Å². The van der Waals surface area contributed by atoms with Gasteiger partial charge in [-0.3, -0.25) is 0 Å². The van der Waals surface area contributed by atoms with Crippen molar-refractivity contribution in [1.29, 1.82) is 0 Å². The fourth-order valence-corrected chi connectivity index (χ4v) is 8.85. The van der Waals surface area contributed by atoms with Gasteiger partial charge < -0.3 is 9.47 Å². The highest BCUT2D eigenvalue weighted by Crippen LogP contribution is 2.60. The second-order valence-electron chi connectivity index (χ2n) is 5.24. The fourth-order valence-electron chi connectivity index (χ4n) is 2.39. The van der Waals surface area contributed by atoms with Crippen molar-refractivity contribution in [3.63, 3.8) is 0 Å². The van der Waals surface area contributed by atoms with Crippen LogP contribution in [0, 0.1) is 0 Å². The largest absolute Gasteiger partial charge is 0.465 e. The third-order valence-electron chi connectivity index (χ3n) is 3.63. The Morgan fingerprint density at radius 2 is 1.22 bits per heavy atom. The first-order chi connectivity index (χ1) is 13.1. The molecule has 0 unspecified atom stereocenters. The number of esters is 2. The molecule has 1 saturated heterocycles. The summed E-state index contributed by atoms with van der Waals surface area (Å²) < 4.78 is 11.8.